The molecule has 6 heteroatoms. The first kappa shape index (κ1) is 25.0. The Labute approximate surface area is 181 Å². The molecule has 0 atom stereocenters. The normalized spacial score (nSPS) is 17.1. The molecule has 0 unspecified atom stereocenters. The summed E-state index contributed by atoms with van der Waals surface area (Å²) in [5, 5.41) is 0. The molecule has 1 fully saturated rings. The molecular formula is C23H36N2O3S. The maximum absolute atomic E-state index is 12.4. The number of allylic oxidation sites excluding steroid dienone is 6. The Morgan fingerprint density at radius 1 is 1.17 bits per heavy atom. The average molecular weight is 421 g/mol. The molecule has 162 valence electrons. The number of amides is 1. The van der Waals surface area contributed by atoms with E-state index in [0.717, 1.165) is 49.0 Å². The zero-order valence-electron chi connectivity index (χ0n) is 18.7. The van der Waals surface area contributed by atoms with Crippen molar-refractivity contribution in [1.29, 1.82) is 0 Å². The smallest absolute Gasteiger partial charge is 0.410 e. The fourth-order valence-electron chi connectivity index (χ4n) is 3.32. The first-order valence-electron chi connectivity index (χ1n) is 10.2. The molecular weight excluding hydrogens is 384 g/mol. The highest BCUT2D eigenvalue weighted by atomic mass is 32.1. The highest BCUT2D eigenvalue weighted by Crippen LogP contribution is 2.23. The van der Waals surface area contributed by atoms with Crippen LogP contribution in [-0.2, 0) is 9.47 Å². The Bertz CT molecular complexity index is 710. The molecule has 0 aromatic rings. The van der Waals surface area contributed by atoms with Gasteiger partial charge in [0, 0.05) is 29.2 Å². The third kappa shape index (κ3) is 7.69. The molecule has 5 nitrogen and oxygen atoms in total. The van der Waals surface area contributed by atoms with Crippen molar-refractivity contribution in [1.82, 2.24) is 4.90 Å². The van der Waals surface area contributed by atoms with Crippen LogP contribution in [0.4, 0.5) is 4.79 Å². The molecule has 1 saturated carbocycles. The number of ether oxygens (including phenoxy) is 2. The van der Waals surface area contributed by atoms with Gasteiger partial charge in [-0.3, -0.25) is 0 Å². The summed E-state index contributed by atoms with van der Waals surface area (Å²) in [6.45, 7) is 7.85. The Hall–Kier alpha value is -2.08. The topological polar surface area (TPSA) is 64.8 Å². The van der Waals surface area contributed by atoms with Gasteiger partial charge in [0.25, 0.3) is 0 Å². The Kier molecular flexibility index (Phi) is 10.7. The van der Waals surface area contributed by atoms with Gasteiger partial charge in [-0.15, -0.1) is 0 Å². The molecule has 1 amide bonds. The van der Waals surface area contributed by atoms with Crippen LogP contribution in [0.5, 0.6) is 0 Å². The molecule has 0 bridgehead atoms. The van der Waals surface area contributed by atoms with Gasteiger partial charge in [-0.1, -0.05) is 44.1 Å². The van der Waals surface area contributed by atoms with E-state index >= 15 is 0 Å². The minimum Gasteiger partial charge on any atom is -0.497 e. The van der Waals surface area contributed by atoms with Gasteiger partial charge >= 0.3 is 6.09 Å². The highest BCUT2D eigenvalue weighted by Gasteiger charge is 2.25. The van der Waals surface area contributed by atoms with Gasteiger partial charge in [-0.25, -0.2) is 4.79 Å². The van der Waals surface area contributed by atoms with Crippen molar-refractivity contribution >= 4 is 23.2 Å². The lowest BCUT2D eigenvalue weighted by atomic mass is 10.0. The fourth-order valence-corrected chi connectivity index (χ4v) is 3.60. The minimum atomic E-state index is -0.332. The van der Waals surface area contributed by atoms with Crippen LogP contribution in [0.3, 0.4) is 0 Å². The van der Waals surface area contributed by atoms with E-state index in [4.69, 9.17) is 27.4 Å². The van der Waals surface area contributed by atoms with Crippen LogP contribution in [0.25, 0.3) is 0 Å². The number of nitrogens with two attached hydrogens (primary N) is 1. The number of hydrogen-bond acceptors (Lipinski definition) is 5. The number of nitrogens with zero attached hydrogens (tertiary/aromatic N) is 1. The van der Waals surface area contributed by atoms with Crippen molar-refractivity contribution in [3.8, 4) is 0 Å². The number of rotatable bonds is 9. The van der Waals surface area contributed by atoms with Gasteiger partial charge in [-0.2, -0.15) is 0 Å². The van der Waals surface area contributed by atoms with E-state index < -0.39 is 0 Å². The lowest BCUT2D eigenvalue weighted by Gasteiger charge is -2.24. The van der Waals surface area contributed by atoms with Crippen molar-refractivity contribution in [2.24, 2.45) is 5.73 Å². The van der Waals surface area contributed by atoms with Crippen molar-refractivity contribution in [3.05, 3.63) is 46.4 Å². The van der Waals surface area contributed by atoms with Crippen LogP contribution in [0.1, 0.15) is 59.8 Å². The maximum Gasteiger partial charge on any atom is 0.410 e. The van der Waals surface area contributed by atoms with E-state index in [1.54, 1.807) is 26.0 Å². The standard InChI is InChI=1S/C23H36N2O3S/c1-7-10-16(2)21(27-6)14-13-17(3)22(29)20(18(4)24)15-28-23(26)25(5)19-11-8-9-12-19/h10,13-14,19H,7-9,11-12,15,24H2,1-6H3/b16-10+,17-13+,20-18-,21-14+. The van der Waals surface area contributed by atoms with Gasteiger partial charge in [-0.05, 0) is 57.3 Å². The third-order valence-electron chi connectivity index (χ3n) is 5.21. The van der Waals surface area contributed by atoms with Crippen LogP contribution in [0.15, 0.2) is 46.4 Å². The second kappa shape index (κ2) is 12.5. The summed E-state index contributed by atoms with van der Waals surface area (Å²) in [6.07, 6.45) is 10.9. The number of carbonyl (C=O) groups is 1. The number of thiocarbonyl (C=S) groups is 1. The van der Waals surface area contributed by atoms with Crippen molar-refractivity contribution < 1.29 is 14.3 Å². The quantitative estimate of drug-likeness (QED) is 0.233. The van der Waals surface area contributed by atoms with Gasteiger partial charge in [0.1, 0.15) is 12.4 Å². The molecule has 29 heavy (non-hydrogen) atoms. The first-order valence-corrected chi connectivity index (χ1v) is 10.6. The Morgan fingerprint density at radius 3 is 2.31 bits per heavy atom. The highest BCUT2D eigenvalue weighted by molar-refractivity contribution is 7.81. The summed E-state index contributed by atoms with van der Waals surface area (Å²) in [6, 6.07) is 0.263. The summed E-state index contributed by atoms with van der Waals surface area (Å²) in [5.74, 6) is 0.786. The predicted molar refractivity (Wildman–Crippen MR) is 124 cm³/mol. The summed E-state index contributed by atoms with van der Waals surface area (Å²) in [5.41, 5.74) is 9.18. The van der Waals surface area contributed by atoms with E-state index in [9.17, 15) is 4.79 Å². The van der Waals surface area contributed by atoms with E-state index in [1.165, 1.54) is 0 Å². The zero-order valence-corrected chi connectivity index (χ0v) is 19.5. The molecule has 0 saturated heterocycles. The van der Waals surface area contributed by atoms with E-state index in [2.05, 4.69) is 13.0 Å². The lowest BCUT2D eigenvalue weighted by Crippen LogP contribution is -2.36. The number of methoxy groups -OCH3 is 1. The van der Waals surface area contributed by atoms with E-state index in [1.807, 2.05) is 26.0 Å². The molecule has 1 aliphatic carbocycles. The van der Waals surface area contributed by atoms with E-state index in [-0.39, 0.29) is 18.7 Å². The predicted octanol–water partition coefficient (Wildman–Crippen LogP) is 5.43. The monoisotopic (exact) mass is 420 g/mol. The summed E-state index contributed by atoms with van der Waals surface area (Å²) < 4.78 is 11.0. The van der Waals surface area contributed by atoms with Crippen LogP contribution in [0, 0.1) is 0 Å². The largest absolute Gasteiger partial charge is 0.497 e. The van der Waals surface area contributed by atoms with Crippen molar-refractivity contribution in [2.75, 3.05) is 20.8 Å². The molecule has 0 radical (unpaired) electrons. The van der Waals surface area contributed by atoms with E-state index in [0.29, 0.717) is 16.1 Å². The fraction of sp³-hybridized carbons (Fsp3) is 0.565. The SMILES string of the molecule is CC/C=C(C)/C(=C\C=C(/C)C(=S)/C(COC(=O)N(C)C1CCCC1)=C(/C)N)OC. The zero-order chi connectivity index (χ0) is 22.0. The van der Waals surface area contributed by atoms with Gasteiger partial charge in [0.05, 0.1) is 7.11 Å². The van der Waals surface area contributed by atoms with Crippen LogP contribution < -0.4 is 5.73 Å². The Morgan fingerprint density at radius 2 is 1.79 bits per heavy atom. The molecule has 0 spiro atoms. The second-order valence-electron chi connectivity index (χ2n) is 7.47. The van der Waals surface area contributed by atoms with Gasteiger partial charge in [0.2, 0.25) is 0 Å². The van der Waals surface area contributed by atoms with Crippen LogP contribution in [0.2, 0.25) is 0 Å². The molecule has 2 N–H and O–H groups in total. The van der Waals surface area contributed by atoms with Crippen molar-refractivity contribution in [3.63, 3.8) is 0 Å². The number of carbonyl (C=O) groups excluding carboxylic acids is 1. The van der Waals surface area contributed by atoms with Crippen LogP contribution in [-0.4, -0.2) is 42.7 Å². The summed E-state index contributed by atoms with van der Waals surface area (Å²) in [4.78, 5) is 14.7. The molecule has 1 aliphatic rings. The Balaban J connectivity index is 2.85. The molecule has 0 aliphatic heterocycles. The minimum absolute atomic E-state index is 0.0673. The van der Waals surface area contributed by atoms with Gasteiger partial charge < -0.3 is 20.1 Å². The summed E-state index contributed by atoms with van der Waals surface area (Å²) >= 11 is 5.61. The molecule has 0 aromatic carbocycles. The first-order chi connectivity index (χ1) is 13.7. The lowest BCUT2D eigenvalue weighted by molar-refractivity contribution is 0.106. The second-order valence-corrected chi connectivity index (χ2v) is 7.88. The third-order valence-corrected chi connectivity index (χ3v) is 5.78. The van der Waals surface area contributed by atoms with Crippen molar-refractivity contribution in [2.45, 2.75) is 65.8 Å². The maximum atomic E-state index is 12.4. The van der Waals surface area contributed by atoms with Crippen LogP contribution >= 0.6 is 12.2 Å². The molecule has 0 heterocycles. The molecule has 1 rings (SSSR count). The van der Waals surface area contributed by atoms with Gasteiger partial charge in [0.15, 0.2) is 0 Å². The molecule has 0 aromatic heterocycles. The summed E-state index contributed by atoms with van der Waals surface area (Å²) in [7, 11) is 3.44. The average Bonchev–Trinajstić information content (AvgIpc) is 3.22. The number of hydrogen-bond donors (Lipinski definition) is 1.